The first-order valence-electron chi connectivity index (χ1n) is 8.47. The van der Waals surface area contributed by atoms with Gasteiger partial charge in [-0.15, -0.1) is 0 Å². The van der Waals surface area contributed by atoms with E-state index in [1.165, 1.54) is 0 Å². The van der Waals surface area contributed by atoms with Crippen LogP contribution >= 0.6 is 35.6 Å². The number of halogens is 1. The summed E-state index contributed by atoms with van der Waals surface area (Å²) in [6.45, 7) is 4.28. The van der Waals surface area contributed by atoms with E-state index >= 15 is 0 Å². The number of hydrazine groups is 1. The van der Waals surface area contributed by atoms with E-state index in [4.69, 9.17) is 28.6 Å². The largest absolute Gasteiger partial charge is 0.493 e. The summed E-state index contributed by atoms with van der Waals surface area (Å²) in [5.41, 5.74) is 4.50. The third-order valence-electron chi connectivity index (χ3n) is 3.88. The molecular formula is C20H17ClN2O3S2. The summed E-state index contributed by atoms with van der Waals surface area (Å²) in [6.07, 6.45) is 1.70. The van der Waals surface area contributed by atoms with Gasteiger partial charge in [-0.25, -0.2) is 0 Å². The van der Waals surface area contributed by atoms with Crippen LogP contribution in [-0.4, -0.2) is 27.8 Å². The Hall–Kier alpha value is -2.35. The molecule has 0 spiro atoms. The summed E-state index contributed by atoms with van der Waals surface area (Å²) in [4.78, 5) is 25.7. The third kappa shape index (κ3) is 4.38. The second-order valence-electron chi connectivity index (χ2n) is 5.91. The zero-order valence-corrected chi connectivity index (χ0v) is 17.6. The highest BCUT2D eigenvalue weighted by Gasteiger charge is 2.34. The number of carbonyl (C=O) groups is 2. The molecule has 3 rings (SSSR count). The summed E-state index contributed by atoms with van der Waals surface area (Å²) in [7, 11) is 0. The molecule has 2 amide bonds. The summed E-state index contributed by atoms with van der Waals surface area (Å²) in [6, 6.07) is 12.5. The quantitative estimate of drug-likeness (QED) is 0.553. The lowest BCUT2D eigenvalue weighted by Crippen LogP contribution is -2.44. The average molecular weight is 433 g/mol. The van der Waals surface area contributed by atoms with E-state index in [1.54, 1.807) is 24.3 Å². The number of carbonyl (C=O) groups excluding carboxylic acids is 2. The van der Waals surface area contributed by atoms with Crippen LogP contribution in [0.4, 0.5) is 0 Å². The molecule has 5 nitrogen and oxygen atoms in total. The van der Waals surface area contributed by atoms with Crippen LogP contribution in [0.3, 0.4) is 0 Å². The van der Waals surface area contributed by atoms with E-state index in [0.717, 1.165) is 27.9 Å². The topological polar surface area (TPSA) is 58.6 Å². The van der Waals surface area contributed by atoms with Crippen molar-refractivity contribution in [3.05, 3.63) is 69.1 Å². The predicted molar refractivity (Wildman–Crippen MR) is 116 cm³/mol. The Morgan fingerprint density at radius 1 is 1.32 bits per heavy atom. The van der Waals surface area contributed by atoms with Gasteiger partial charge in [-0.3, -0.25) is 15.0 Å². The smallest absolute Gasteiger partial charge is 0.285 e. The second-order valence-corrected chi connectivity index (χ2v) is 8.00. The maximum Gasteiger partial charge on any atom is 0.285 e. The first-order valence-corrected chi connectivity index (χ1v) is 10.1. The molecule has 1 aliphatic heterocycles. The lowest BCUT2D eigenvalue weighted by Gasteiger charge is -2.16. The molecule has 0 aliphatic carbocycles. The van der Waals surface area contributed by atoms with Crippen LogP contribution in [0.25, 0.3) is 6.08 Å². The zero-order chi connectivity index (χ0) is 20.3. The van der Waals surface area contributed by atoms with Gasteiger partial charge in [-0.05, 0) is 55.9 Å². The summed E-state index contributed by atoms with van der Waals surface area (Å²) in [5.74, 6) is -0.235. The normalized spacial score (nSPS) is 15.2. The highest BCUT2D eigenvalue weighted by atomic mass is 35.5. The number of benzene rings is 2. The van der Waals surface area contributed by atoms with Crippen molar-refractivity contribution in [1.29, 1.82) is 0 Å². The van der Waals surface area contributed by atoms with Crippen LogP contribution in [0.5, 0.6) is 5.75 Å². The van der Waals surface area contributed by atoms with Crippen LogP contribution in [-0.2, 0) is 4.79 Å². The van der Waals surface area contributed by atoms with E-state index in [-0.39, 0.29) is 9.88 Å². The van der Waals surface area contributed by atoms with Gasteiger partial charge in [0.1, 0.15) is 5.75 Å². The molecule has 1 aliphatic rings. The zero-order valence-electron chi connectivity index (χ0n) is 15.2. The van der Waals surface area contributed by atoms with Crippen molar-refractivity contribution < 1.29 is 14.3 Å². The van der Waals surface area contributed by atoms with Gasteiger partial charge in [0.05, 0.1) is 22.1 Å². The molecule has 0 aromatic heterocycles. The van der Waals surface area contributed by atoms with Crippen molar-refractivity contribution in [1.82, 2.24) is 10.4 Å². The van der Waals surface area contributed by atoms with Crippen molar-refractivity contribution in [2.75, 3.05) is 6.61 Å². The van der Waals surface area contributed by atoms with Gasteiger partial charge < -0.3 is 4.74 Å². The molecule has 28 heavy (non-hydrogen) atoms. The number of rotatable bonds is 5. The number of hydrogen-bond acceptors (Lipinski definition) is 5. The Morgan fingerprint density at radius 2 is 2.07 bits per heavy atom. The highest BCUT2D eigenvalue weighted by Crippen LogP contribution is 2.33. The Kier molecular flexibility index (Phi) is 6.39. The fourth-order valence-corrected chi connectivity index (χ4v) is 4.05. The van der Waals surface area contributed by atoms with Crippen molar-refractivity contribution in [3.63, 3.8) is 0 Å². The number of ether oxygens (including phenoxy) is 1. The van der Waals surface area contributed by atoms with Crippen molar-refractivity contribution >= 4 is 57.8 Å². The van der Waals surface area contributed by atoms with Crippen molar-refractivity contribution in [3.8, 4) is 5.75 Å². The number of nitrogens with one attached hydrogen (secondary N) is 1. The number of para-hydroxylation sites is 1. The van der Waals surface area contributed by atoms with Gasteiger partial charge in [0.15, 0.2) is 4.32 Å². The SMILES string of the molecule is CCOc1ccccc1/C=C1/SC(=S)N(NC(=O)c2ccc(C)cc2Cl)C1=O. The summed E-state index contributed by atoms with van der Waals surface area (Å²) >= 11 is 12.5. The molecule has 1 fully saturated rings. The van der Waals surface area contributed by atoms with Crippen LogP contribution < -0.4 is 10.2 Å². The van der Waals surface area contributed by atoms with Crippen LogP contribution in [0.2, 0.25) is 5.02 Å². The predicted octanol–water partition coefficient (Wildman–Crippen LogP) is 4.59. The number of thioether (sulfide) groups is 1. The molecule has 0 saturated carbocycles. The molecular weight excluding hydrogens is 416 g/mol. The number of thiocarbonyl (C=S) groups is 1. The first kappa shape index (κ1) is 20.4. The molecule has 0 bridgehead atoms. The van der Waals surface area contributed by atoms with Gasteiger partial charge in [0.2, 0.25) is 0 Å². The van der Waals surface area contributed by atoms with Gasteiger partial charge in [-0.2, -0.15) is 5.01 Å². The second kappa shape index (κ2) is 8.77. The van der Waals surface area contributed by atoms with Crippen LogP contribution in [0.1, 0.15) is 28.4 Å². The van der Waals surface area contributed by atoms with Crippen molar-refractivity contribution in [2.45, 2.75) is 13.8 Å². The van der Waals surface area contributed by atoms with E-state index in [9.17, 15) is 9.59 Å². The third-order valence-corrected chi connectivity index (χ3v) is 5.50. The molecule has 0 unspecified atom stereocenters. The highest BCUT2D eigenvalue weighted by molar-refractivity contribution is 8.26. The summed E-state index contributed by atoms with van der Waals surface area (Å²) < 4.78 is 5.82. The molecule has 1 heterocycles. The molecule has 0 atom stereocenters. The lowest BCUT2D eigenvalue weighted by molar-refractivity contribution is -0.123. The number of nitrogens with zero attached hydrogens (tertiary/aromatic N) is 1. The molecule has 1 N–H and O–H groups in total. The molecule has 8 heteroatoms. The number of hydrogen-bond donors (Lipinski definition) is 1. The molecule has 2 aromatic rings. The lowest BCUT2D eigenvalue weighted by atomic mass is 10.1. The van der Waals surface area contributed by atoms with Crippen LogP contribution in [0, 0.1) is 6.92 Å². The van der Waals surface area contributed by atoms with Crippen LogP contribution in [0.15, 0.2) is 47.4 Å². The minimum absolute atomic E-state index is 0.238. The number of aryl methyl sites for hydroxylation is 1. The molecule has 0 radical (unpaired) electrons. The Balaban J connectivity index is 1.81. The number of amides is 2. The maximum absolute atomic E-state index is 12.8. The van der Waals surface area contributed by atoms with E-state index in [1.807, 2.05) is 38.1 Å². The monoisotopic (exact) mass is 432 g/mol. The Bertz CT molecular complexity index is 991. The van der Waals surface area contributed by atoms with Gasteiger partial charge in [0, 0.05) is 5.56 Å². The average Bonchev–Trinajstić information content (AvgIpc) is 2.91. The standard InChI is InChI=1S/C20H17ClN2O3S2/c1-3-26-16-7-5-4-6-13(16)11-17-19(25)23(20(27)28-17)22-18(24)14-9-8-12(2)10-15(14)21/h4-11H,3H2,1-2H3,(H,22,24)/b17-11+. The Morgan fingerprint density at radius 3 is 2.79 bits per heavy atom. The van der Waals surface area contributed by atoms with Crippen molar-refractivity contribution in [2.24, 2.45) is 0 Å². The maximum atomic E-state index is 12.8. The minimum atomic E-state index is -0.503. The van der Waals surface area contributed by atoms with Gasteiger partial charge >= 0.3 is 0 Å². The van der Waals surface area contributed by atoms with E-state index in [2.05, 4.69) is 5.43 Å². The van der Waals surface area contributed by atoms with Gasteiger partial charge in [-0.1, -0.05) is 47.6 Å². The molecule has 2 aromatic carbocycles. The molecule has 1 saturated heterocycles. The fraction of sp³-hybridized carbons (Fsp3) is 0.150. The fourth-order valence-electron chi connectivity index (χ4n) is 2.56. The Labute approximate surface area is 177 Å². The first-order chi connectivity index (χ1) is 13.4. The van der Waals surface area contributed by atoms with E-state index < -0.39 is 11.8 Å². The van der Waals surface area contributed by atoms with Gasteiger partial charge in [0.25, 0.3) is 11.8 Å². The summed E-state index contributed by atoms with van der Waals surface area (Å²) in [5, 5.41) is 1.37. The molecule has 144 valence electrons. The van der Waals surface area contributed by atoms with E-state index in [0.29, 0.717) is 22.3 Å². The minimum Gasteiger partial charge on any atom is -0.493 e.